The van der Waals surface area contributed by atoms with Crippen LogP contribution in [0.2, 0.25) is 5.02 Å². The van der Waals surface area contributed by atoms with E-state index in [1.54, 1.807) is 11.0 Å². The molecule has 1 aromatic heterocycles. The van der Waals surface area contributed by atoms with E-state index in [-0.39, 0.29) is 6.61 Å². The van der Waals surface area contributed by atoms with Crippen LogP contribution in [-0.4, -0.2) is 33.0 Å². The van der Waals surface area contributed by atoms with Crippen molar-refractivity contribution in [3.05, 3.63) is 35.9 Å². The van der Waals surface area contributed by atoms with Gasteiger partial charge in [0.25, 0.3) is 0 Å². The molecule has 0 saturated carbocycles. The van der Waals surface area contributed by atoms with Crippen LogP contribution in [-0.2, 0) is 0 Å². The van der Waals surface area contributed by atoms with Crippen molar-refractivity contribution in [1.82, 2.24) is 14.8 Å². The van der Waals surface area contributed by atoms with Crippen LogP contribution in [0.15, 0.2) is 30.9 Å². The molecule has 0 amide bonds. The molecule has 0 bridgehead atoms. The number of aromatic nitrogens is 3. The van der Waals surface area contributed by atoms with Gasteiger partial charge in [-0.05, 0) is 37.5 Å². The van der Waals surface area contributed by atoms with E-state index in [0.29, 0.717) is 5.02 Å². The maximum atomic E-state index is 8.69. The van der Waals surface area contributed by atoms with Gasteiger partial charge in [-0.25, -0.2) is 9.67 Å². The second-order valence-electron chi connectivity index (χ2n) is 4.22. The summed E-state index contributed by atoms with van der Waals surface area (Å²) >= 11 is 6.22. The van der Waals surface area contributed by atoms with Gasteiger partial charge < -0.3 is 10.4 Å². The Morgan fingerprint density at radius 2 is 2.16 bits per heavy atom. The highest BCUT2D eigenvalue weighted by molar-refractivity contribution is 6.32. The summed E-state index contributed by atoms with van der Waals surface area (Å²) in [7, 11) is 0. The van der Waals surface area contributed by atoms with Crippen molar-refractivity contribution in [2.45, 2.75) is 19.3 Å². The molecular weight excluding hydrogens is 264 g/mol. The number of halogens is 1. The zero-order chi connectivity index (χ0) is 13.5. The van der Waals surface area contributed by atoms with E-state index in [4.69, 9.17) is 16.7 Å². The SMILES string of the molecule is OCCCCCNc1ccc(-n2cncn2)c(Cl)c1. The molecule has 0 unspecified atom stereocenters. The van der Waals surface area contributed by atoms with Crippen LogP contribution in [0.5, 0.6) is 0 Å². The second-order valence-corrected chi connectivity index (χ2v) is 4.62. The Balaban J connectivity index is 1.92. The highest BCUT2D eigenvalue weighted by atomic mass is 35.5. The van der Waals surface area contributed by atoms with Crippen molar-refractivity contribution >= 4 is 17.3 Å². The lowest BCUT2D eigenvalue weighted by molar-refractivity contribution is 0.283. The predicted octanol–water partition coefficient (Wildman–Crippen LogP) is 2.50. The van der Waals surface area contributed by atoms with Gasteiger partial charge in [0.05, 0.1) is 10.7 Å². The summed E-state index contributed by atoms with van der Waals surface area (Å²) in [6.45, 7) is 1.14. The Labute approximate surface area is 117 Å². The lowest BCUT2D eigenvalue weighted by Crippen LogP contribution is -2.03. The Morgan fingerprint density at radius 1 is 1.26 bits per heavy atom. The molecule has 0 aliphatic heterocycles. The van der Waals surface area contributed by atoms with Gasteiger partial charge in [0.2, 0.25) is 0 Å². The van der Waals surface area contributed by atoms with Crippen molar-refractivity contribution in [3.63, 3.8) is 0 Å². The third-order valence-electron chi connectivity index (χ3n) is 2.78. The van der Waals surface area contributed by atoms with Crippen molar-refractivity contribution in [3.8, 4) is 5.69 Å². The number of hydrogen-bond acceptors (Lipinski definition) is 4. The first kappa shape index (κ1) is 13.8. The Kier molecular flexibility index (Phi) is 5.18. The molecule has 1 heterocycles. The summed E-state index contributed by atoms with van der Waals surface area (Å²) in [5.41, 5.74) is 1.79. The topological polar surface area (TPSA) is 63.0 Å². The monoisotopic (exact) mass is 280 g/mol. The van der Waals surface area contributed by atoms with Crippen LogP contribution in [0.3, 0.4) is 0 Å². The summed E-state index contributed by atoms with van der Waals surface area (Å²) in [5.74, 6) is 0. The zero-order valence-corrected chi connectivity index (χ0v) is 11.3. The fourth-order valence-corrected chi connectivity index (χ4v) is 2.05. The molecule has 0 spiro atoms. The minimum atomic E-state index is 0.262. The van der Waals surface area contributed by atoms with Crippen LogP contribution in [0, 0.1) is 0 Å². The van der Waals surface area contributed by atoms with Gasteiger partial charge in [0, 0.05) is 18.8 Å². The number of aliphatic hydroxyl groups excluding tert-OH is 1. The molecule has 6 heteroatoms. The van der Waals surface area contributed by atoms with E-state index in [9.17, 15) is 0 Å². The minimum Gasteiger partial charge on any atom is -0.396 e. The lowest BCUT2D eigenvalue weighted by atomic mass is 10.2. The first-order chi connectivity index (χ1) is 9.31. The van der Waals surface area contributed by atoms with E-state index in [1.165, 1.54) is 6.33 Å². The first-order valence-electron chi connectivity index (χ1n) is 6.30. The number of rotatable bonds is 7. The van der Waals surface area contributed by atoms with Gasteiger partial charge in [-0.15, -0.1) is 0 Å². The summed E-state index contributed by atoms with van der Waals surface area (Å²) in [4.78, 5) is 3.90. The zero-order valence-electron chi connectivity index (χ0n) is 10.6. The predicted molar refractivity (Wildman–Crippen MR) is 75.8 cm³/mol. The third-order valence-corrected chi connectivity index (χ3v) is 3.08. The molecule has 0 aliphatic rings. The van der Waals surface area contributed by atoms with Gasteiger partial charge >= 0.3 is 0 Å². The van der Waals surface area contributed by atoms with Crippen molar-refractivity contribution in [2.75, 3.05) is 18.5 Å². The maximum Gasteiger partial charge on any atom is 0.138 e. The number of nitrogens with one attached hydrogen (secondary N) is 1. The lowest BCUT2D eigenvalue weighted by Gasteiger charge is -2.09. The van der Waals surface area contributed by atoms with Gasteiger partial charge in [0.15, 0.2) is 0 Å². The molecule has 0 aliphatic carbocycles. The molecule has 2 N–H and O–H groups in total. The van der Waals surface area contributed by atoms with E-state index in [1.807, 2.05) is 18.2 Å². The fourth-order valence-electron chi connectivity index (χ4n) is 1.78. The molecule has 0 saturated heterocycles. The molecule has 0 radical (unpaired) electrons. The van der Waals surface area contributed by atoms with Crippen molar-refractivity contribution < 1.29 is 5.11 Å². The number of anilines is 1. The van der Waals surface area contributed by atoms with Gasteiger partial charge in [0.1, 0.15) is 12.7 Å². The van der Waals surface area contributed by atoms with E-state index >= 15 is 0 Å². The number of hydrogen-bond donors (Lipinski definition) is 2. The van der Waals surface area contributed by atoms with Crippen LogP contribution in [0.1, 0.15) is 19.3 Å². The van der Waals surface area contributed by atoms with Crippen LogP contribution in [0.4, 0.5) is 5.69 Å². The van der Waals surface area contributed by atoms with Crippen LogP contribution in [0.25, 0.3) is 5.69 Å². The third kappa shape index (κ3) is 3.94. The van der Waals surface area contributed by atoms with Crippen LogP contribution < -0.4 is 5.32 Å². The largest absolute Gasteiger partial charge is 0.396 e. The molecule has 0 atom stereocenters. The van der Waals surface area contributed by atoms with Gasteiger partial charge in [-0.1, -0.05) is 11.6 Å². The molecule has 19 heavy (non-hydrogen) atoms. The van der Waals surface area contributed by atoms with E-state index < -0.39 is 0 Å². The highest BCUT2D eigenvalue weighted by Crippen LogP contribution is 2.23. The molecular formula is C13H17ClN4O. The summed E-state index contributed by atoms with van der Waals surface area (Å²) < 4.78 is 1.63. The molecule has 0 fully saturated rings. The average Bonchev–Trinajstić information content (AvgIpc) is 2.92. The van der Waals surface area contributed by atoms with Gasteiger partial charge in [-0.2, -0.15) is 5.10 Å². The number of nitrogens with zero attached hydrogens (tertiary/aromatic N) is 3. The van der Waals surface area contributed by atoms with E-state index in [0.717, 1.165) is 37.2 Å². The highest BCUT2D eigenvalue weighted by Gasteiger charge is 2.04. The Bertz CT molecular complexity index is 501. The van der Waals surface area contributed by atoms with Crippen LogP contribution >= 0.6 is 11.6 Å². The maximum absolute atomic E-state index is 8.69. The normalized spacial score (nSPS) is 10.6. The first-order valence-corrected chi connectivity index (χ1v) is 6.68. The van der Waals surface area contributed by atoms with Gasteiger partial charge in [-0.3, -0.25) is 0 Å². The molecule has 5 nitrogen and oxygen atoms in total. The summed E-state index contributed by atoms with van der Waals surface area (Å²) in [6, 6.07) is 5.76. The molecule has 102 valence electrons. The number of unbranched alkanes of at least 4 members (excludes halogenated alkanes) is 2. The Hall–Kier alpha value is -1.59. The smallest absolute Gasteiger partial charge is 0.138 e. The fraction of sp³-hybridized carbons (Fsp3) is 0.385. The number of aliphatic hydroxyl groups is 1. The molecule has 2 aromatic rings. The molecule has 2 rings (SSSR count). The molecule has 1 aromatic carbocycles. The Morgan fingerprint density at radius 3 is 2.84 bits per heavy atom. The average molecular weight is 281 g/mol. The van der Waals surface area contributed by atoms with Crippen molar-refractivity contribution in [1.29, 1.82) is 0 Å². The minimum absolute atomic E-state index is 0.262. The van der Waals surface area contributed by atoms with Crippen molar-refractivity contribution in [2.24, 2.45) is 0 Å². The summed E-state index contributed by atoms with van der Waals surface area (Å²) in [6.07, 6.45) is 6.00. The second kappa shape index (κ2) is 7.11. The summed E-state index contributed by atoms with van der Waals surface area (Å²) in [5, 5.41) is 16.7. The standard InChI is InChI=1S/C13H17ClN4O/c14-12-8-11(16-6-2-1-3-7-19)4-5-13(12)18-10-15-9-17-18/h4-5,8-10,16,19H,1-3,6-7H2. The number of benzene rings is 1. The quantitative estimate of drug-likeness (QED) is 0.765. The van der Waals surface area contributed by atoms with E-state index in [2.05, 4.69) is 15.4 Å².